The highest BCUT2D eigenvalue weighted by Crippen LogP contribution is 2.37. The highest BCUT2D eigenvalue weighted by Gasteiger charge is 2.35. The first-order chi connectivity index (χ1) is 11.6. The number of rotatable bonds is 2. The molecule has 4 rings (SSSR count). The number of ether oxygens (including phenoxy) is 1. The predicted octanol–water partition coefficient (Wildman–Crippen LogP) is 4.94. The molecule has 1 heterocycles. The van der Waals surface area contributed by atoms with Crippen LogP contribution in [0, 0.1) is 0 Å². The SMILES string of the molecule is CC(C)c1ccc(-c2ccc3ccccc3c2)c2c1C(=O)OC2=O. The van der Waals surface area contributed by atoms with Crippen LogP contribution in [0.15, 0.2) is 54.6 Å². The van der Waals surface area contributed by atoms with E-state index in [0.717, 1.165) is 27.5 Å². The number of esters is 2. The number of cyclic esters (lactones) is 2. The molecule has 24 heavy (non-hydrogen) atoms. The van der Waals surface area contributed by atoms with Gasteiger partial charge in [0.2, 0.25) is 0 Å². The molecule has 3 nitrogen and oxygen atoms in total. The summed E-state index contributed by atoms with van der Waals surface area (Å²) >= 11 is 0. The third-order valence-corrected chi connectivity index (χ3v) is 4.51. The van der Waals surface area contributed by atoms with Crippen LogP contribution in [0.2, 0.25) is 0 Å². The summed E-state index contributed by atoms with van der Waals surface area (Å²) in [5.41, 5.74) is 3.32. The number of hydrogen-bond acceptors (Lipinski definition) is 3. The van der Waals surface area contributed by atoms with E-state index in [-0.39, 0.29) is 5.92 Å². The number of carbonyl (C=O) groups excluding carboxylic acids is 2. The Hall–Kier alpha value is -2.94. The molecule has 0 saturated heterocycles. The van der Waals surface area contributed by atoms with Gasteiger partial charge in [-0.15, -0.1) is 0 Å². The molecule has 0 atom stereocenters. The first-order valence-corrected chi connectivity index (χ1v) is 7.99. The van der Waals surface area contributed by atoms with Gasteiger partial charge in [0, 0.05) is 0 Å². The van der Waals surface area contributed by atoms with Crippen molar-refractivity contribution in [2.24, 2.45) is 0 Å². The van der Waals surface area contributed by atoms with Crippen molar-refractivity contribution < 1.29 is 14.3 Å². The summed E-state index contributed by atoms with van der Waals surface area (Å²) in [6.45, 7) is 4.00. The van der Waals surface area contributed by atoms with Crippen molar-refractivity contribution in [2.75, 3.05) is 0 Å². The fourth-order valence-corrected chi connectivity index (χ4v) is 3.32. The summed E-state index contributed by atoms with van der Waals surface area (Å²) in [5, 5.41) is 2.23. The van der Waals surface area contributed by atoms with Crippen molar-refractivity contribution in [2.45, 2.75) is 19.8 Å². The van der Waals surface area contributed by atoms with Gasteiger partial charge in [-0.1, -0.05) is 62.4 Å². The summed E-state index contributed by atoms with van der Waals surface area (Å²) in [6, 6.07) is 17.9. The van der Waals surface area contributed by atoms with E-state index in [1.807, 2.05) is 68.4 Å². The standard InChI is InChI=1S/C21H16O3/c1-12(2)16-9-10-17(19-18(16)20(22)24-21(19)23)15-8-7-13-5-3-4-6-14(13)11-15/h3-12H,1-2H3. The molecule has 0 saturated carbocycles. The summed E-state index contributed by atoms with van der Waals surface area (Å²) in [4.78, 5) is 24.4. The summed E-state index contributed by atoms with van der Waals surface area (Å²) in [7, 11) is 0. The lowest BCUT2D eigenvalue weighted by atomic mass is 9.88. The molecule has 0 radical (unpaired) electrons. The average Bonchev–Trinajstić information content (AvgIpc) is 2.89. The molecule has 0 N–H and O–H groups in total. The fourth-order valence-electron chi connectivity index (χ4n) is 3.32. The molecular weight excluding hydrogens is 300 g/mol. The lowest BCUT2D eigenvalue weighted by Crippen LogP contribution is -2.03. The Morgan fingerprint density at radius 3 is 2.25 bits per heavy atom. The molecule has 0 bridgehead atoms. The van der Waals surface area contributed by atoms with Crippen LogP contribution in [0.4, 0.5) is 0 Å². The van der Waals surface area contributed by atoms with Gasteiger partial charge in [0.1, 0.15) is 0 Å². The van der Waals surface area contributed by atoms with E-state index in [1.165, 1.54) is 0 Å². The van der Waals surface area contributed by atoms with Gasteiger partial charge in [0.05, 0.1) is 11.1 Å². The molecule has 1 aliphatic rings. The van der Waals surface area contributed by atoms with Gasteiger partial charge in [0.25, 0.3) is 0 Å². The summed E-state index contributed by atoms with van der Waals surface area (Å²) in [5.74, 6) is -0.954. The van der Waals surface area contributed by atoms with E-state index in [2.05, 4.69) is 0 Å². The Balaban J connectivity index is 1.99. The second-order valence-electron chi connectivity index (χ2n) is 6.35. The monoisotopic (exact) mass is 316 g/mol. The second kappa shape index (κ2) is 5.31. The molecule has 0 spiro atoms. The lowest BCUT2D eigenvalue weighted by Gasteiger charge is -2.12. The first-order valence-electron chi connectivity index (χ1n) is 7.99. The van der Waals surface area contributed by atoms with Crippen LogP contribution in [0.25, 0.3) is 21.9 Å². The number of benzene rings is 3. The first kappa shape index (κ1) is 14.6. The number of carbonyl (C=O) groups is 2. The van der Waals surface area contributed by atoms with Gasteiger partial charge in [0.15, 0.2) is 0 Å². The third-order valence-electron chi connectivity index (χ3n) is 4.51. The van der Waals surface area contributed by atoms with Gasteiger partial charge in [-0.25, -0.2) is 9.59 Å². The molecule has 0 aliphatic carbocycles. The minimum Gasteiger partial charge on any atom is -0.386 e. The van der Waals surface area contributed by atoms with Crippen LogP contribution in [-0.4, -0.2) is 11.9 Å². The highest BCUT2D eigenvalue weighted by molar-refractivity contribution is 6.19. The van der Waals surface area contributed by atoms with E-state index < -0.39 is 11.9 Å². The van der Waals surface area contributed by atoms with Crippen molar-refractivity contribution in [3.63, 3.8) is 0 Å². The summed E-state index contributed by atoms with van der Waals surface area (Å²) < 4.78 is 4.89. The average molecular weight is 316 g/mol. The zero-order valence-corrected chi connectivity index (χ0v) is 13.5. The molecular formula is C21H16O3. The maximum absolute atomic E-state index is 12.3. The zero-order chi connectivity index (χ0) is 16.8. The Bertz CT molecular complexity index is 999. The van der Waals surface area contributed by atoms with Crippen LogP contribution in [0.3, 0.4) is 0 Å². The van der Waals surface area contributed by atoms with Gasteiger partial charge < -0.3 is 4.74 Å². The Morgan fingerprint density at radius 1 is 0.792 bits per heavy atom. The molecule has 0 fully saturated rings. The van der Waals surface area contributed by atoms with Gasteiger partial charge in [-0.3, -0.25) is 0 Å². The van der Waals surface area contributed by atoms with Crippen LogP contribution in [-0.2, 0) is 4.74 Å². The lowest BCUT2D eigenvalue weighted by molar-refractivity contribution is 0.0443. The normalized spacial score (nSPS) is 13.5. The Morgan fingerprint density at radius 2 is 1.50 bits per heavy atom. The summed E-state index contributed by atoms with van der Waals surface area (Å²) in [6.07, 6.45) is 0. The molecule has 0 aromatic heterocycles. The van der Waals surface area contributed by atoms with E-state index in [1.54, 1.807) is 0 Å². The van der Waals surface area contributed by atoms with Crippen LogP contribution >= 0.6 is 0 Å². The maximum Gasteiger partial charge on any atom is 0.347 e. The molecule has 0 amide bonds. The number of fused-ring (bicyclic) bond motifs is 2. The smallest absolute Gasteiger partial charge is 0.347 e. The second-order valence-corrected chi connectivity index (χ2v) is 6.35. The molecule has 3 aromatic carbocycles. The van der Waals surface area contributed by atoms with E-state index in [0.29, 0.717) is 11.1 Å². The quantitative estimate of drug-likeness (QED) is 0.497. The van der Waals surface area contributed by atoms with Crippen LogP contribution < -0.4 is 0 Å². The topological polar surface area (TPSA) is 43.4 Å². The van der Waals surface area contributed by atoms with Gasteiger partial charge in [-0.2, -0.15) is 0 Å². The molecule has 0 unspecified atom stereocenters. The highest BCUT2D eigenvalue weighted by atomic mass is 16.6. The van der Waals surface area contributed by atoms with E-state index in [4.69, 9.17) is 4.74 Å². The third kappa shape index (κ3) is 2.13. The molecule has 3 heteroatoms. The molecule has 118 valence electrons. The van der Waals surface area contributed by atoms with Crippen molar-refractivity contribution >= 4 is 22.7 Å². The van der Waals surface area contributed by atoms with E-state index in [9.17, 15) is 9.59 Å². The molecule has 1 aliphatic heterocycles. The fraction of sp³-hybridized carbons (Fsp3) is 0.143. The zero-order valence-electron chi connectivity index (χ0n) is 13.5. The van der Waals surface area contributed by atoms with E-state index >= 15 is 0 Å². The predicted molar refractivity (Wildman–Crippen MR) is 93.2 cm³/mol. The Kier molecular flexibility index (Phi) is 3.24. The molecule has 3 aromatic rings. The van der Waals surface area contributed by atoms with Gasteiger partial charge in [-0.05, 0) is 39.4 Å². The van der Waals surface area contributed by atoms with Gasteiger partial charge >= 0.3 is 11.9 Å². The van der Waals surface area contributed by atoms with Crippen molar-refractivity contribution in [3.05, 3.63) is 71.3 Å². The number of hydrogen-bond donors (Lipinski definition) is 0. The maximum atomic E-state index is 12.3. The largest absolute Gasteiger partial charge is 0.386 e. The van der Waals surface area contributed by atoms with Crippen molar-refractivity contribution in [1.29, 1.82) is 0 Å². The van der Waals surface area contributed by atoms with Crippen LogP contribution in [0.5, 0.6) is 0 Å². The van der Waals surface area contributed by atoms with Crippen molar-refractivity contribution in [1.82, 2.24) is 0 Å². The minimum absolute atomic E-state index is 0.142. The van der Waals surface area contributed by atoms with Crippen molar-refractivity contribution in [3.8, 4) is 11.1 Å². The minimum atomic E-state index is -0.555. The van der Waals surface area contributed by atoms with Crippen LogP contribution in [0.1, 0.15) is 46.0 Å². The Labute approximate surface area is 139 Å².